The molecule has 1 amide bonds. The lowest BCUT2D eigenvalue weighted by atomic mass is 9.47. The molecular weight excluding hydrogens is 549 g/mol. The SMILES string of the molecule is Cc1cc(Nc2cc(Cl)c(F)c(C[C@]3(C(=O)O)CCN(C(=O)O)[C@@](C)(C(C)(C)C)C3C(C)(C)C)n2)nn1C(C)(C)C. The van der Waals surface area contributed by atoms with Crippen LogP contribution in [0.1, 0.15) is 87.0 Å². The number of aliphatic carboxylic acids is 1. The van der Waals surface area contributed by atoms with Crippen molar-refractivity contribution < 1.29 is 24.2 Å². The van der Waals surface area contributed by atoms with Gasteiger partial charge >= 0.3 is 12.1 Å². The topological polar surface area (TPSA) is 121 Å². The predicted molar refractivity (Wildman–Crippen MR) is 158 cm³/mol. The van der Waals surface area contributed by atoms with Gasteiger partial charge in [0.2, 0.25) is 0 Å². The number of carboxylic acid groups (broad SMARTS) is 2. The Morgan fingerprint density at radius 2 is 1.68 bits per heavy atom. The second-order valence-electron chi connectivity index (χ2n) is 14.6. The van der Waals surface area contributed by atoms with Gasteiger partial charge in [-0.25, -0.2) is 14.2 Å². The van der Waals surface area contributed by atoms with Gasteiger partial charge in [0.1, 0.15) is 5.82 Å². The first kappa shape index (κ1) is 32.6. The number of anilines is 2. The van der Waals surface area contributed by atoms with Gasteiger partial charge in [-0.05, 0) is 51.9 Å². The molecule has 1 aliphatic rings. The average Bonchev–Trinajstić information content (AvgIpc) is 3.15. The Morgan fingerprint density at radius 3 is 2.12 bits per heavy atom. The lowest BCUT2D eigenvalue weighted by Gasteiger charge is -2.64. The number of nitrogens with zero attached hydrogens (tertiary/aromatic N) is 4. The van der Waals surface area contributed by atoms with Crippen LogP contribution in [-0.4, -0.2) is 54.0 Å². The van der Waals surface area contributed by atoms with Crippen LogP contribution in [0.15, 0.2) is 12.1 Å². The number of pyridine rings is 1. The molecule has 2 aromatic rings. The van der Waals surface area contributed by atoms with Crippen LogP contribution in [-0.2, 0) is 16.8 Å². The summed E-state index contributed by atoms with van der Waals surface area (Å²) >= 11 is 6.34. The van der Waals surface area contributed by atoms with Crippen molar-refractivity contribution in [2.45, 2.75) is 100 Å². The van der Waals surface area contributed by atoms with Crippen LogP contribution in [0.2, 0.25) is 5.02 Å². The maximum Gasteiger partial charge on any atom is 0.407 e. The smallest absolute Gasteiger partial charge is 0.407 e. The van der Waals surface area contributed by atoms with E-state index in [0.29, 0.717) is 5.82 Å². The summed E-state index contributed by atoms with van der Waals surface area (Å²) in [6.45, 7) is 21.3. The summed E-state index contributed by atoms with van der Waals surface area (Å²) in [6, 6.07) is 3.20. The lowest BCUT2D eigenvalue weighted by molar-refractivity contribution is -0.188. The van der Waals surface area contributed by atoms with E-state index >= 15 is 4.39 Å². The molecule has 41 heavy (non-hydrogen) atoms. The van der Waals surface area contributed by atoms with E-state index in [9.17, 15) is 19.8 Å². The molecule has 228 valence electrons. The summed E-state index contributed by atoms with van der Waals surface area (Å²) in [5.41, 5.74) is -3.41. The molecule has 0 spiro atoms. The number of halogens is 2. The highest BCUT2D eigenvalue weighted by atomic mass is 35.5. The van der Waals surface area contributed by atoms with Gasteiger partial charge in [0.05, 0.1) is 27.2 Å². The summed E-state index contributed by atoms with van der Waals surface area (Å²) in [5.74, 6) is -1.90. The zero-order valence-corrected chi connectivity index (χ0v) is 26.9. The molecule has 2 aromatic heterocycles. The summed E-state index contributed by atoms with van der Waals surface area (Å²) in [4.78, 5) is 31.7. The Bertz CT molecular complexity index is 1340. The van der Waals surface area contributed by atoms with Gasteiger partial charge in [-0.15, -0.1) is 0 Å². The molecule has 11 heteroatoms. The van der Waals surface area contributed by atoms with Crippen LogP contribution < -0.4 is 5.32 Å². The van der Waals surface area contributed by atoms with E-state index in [1.807, 2.05) is 86.9 Å². The van der Waals surface area contributed by atoms with Crippen molar-refractivity contribution in [3.63, 3.8) is 0 Å². The van der Waals surface area contributed by atoms with Gasteiger partial charge in [0.15, 0.2) is 11.6 Å². The van der Waals surface area contributed by atoms with Crippen molar-refractivity contribution in [1.29, 1.82) is 0 Å². The van der Waals surface area contributed by atoms with Crippen LogP contribution in [0.3, 0.4) is 0 Å². The highest BCUT2D eigenvalue weighted by Crippen LogP contribution is 2.60. The molecule has 3 N–H and O–H groups in total. The molecule has 0 aliphatic carbocycles. The van der Waals surface area contributed by atoms with Crippen LogP contribution >= 0.6 is 11.6 Å². The summed E-state index contributed by atoms with van der Waals surface area (Å²) in [5, 5.41) is 28.6. The number of piperidine rings is 1. The Balaban J connectivity index is 2.19. The number of amides is 1. The molecule has 0 radical (unpaired) electrons. The highest BCUT2D eigenvalue weighted by Gasteiger charge is 2.66. The van der Waals surface area contributed by atoms with Crippen molar-refractivity contribution in [1.82, 2.24) is 19.7 Å². The summed E-state index contributed by atoms with van der Waals surface area (Å²) in [6.07, 6.45) is -1.38. The van der Waals surface area contributed by atoms with Crippen molar-refractivity contribution in [2.75, 3.05) is 11.9 Å². The maximum absolute atomic E-state index is 15.6. The molecule has 1 aliphatic heterocycles. The van der Waals surface area contributed by atoms with Gasteiger partial charge in [-0.2, -0.15) is 5.10 Å². The van der Waals surface area contributed by atoms with E-state index in [1.54, 1.807) is 0 Å². The monoisotopic (exact) mass is 593 g/mol. The number of rotatable bonds is 5. The fourth-order valence-electron chi connectivity index (χ4n) is 7.06. The molecule has 1 fully saturated rings. The third-order valence-electron chi connectivity index (χ3n) is 8.74. The first-order valence-electron chi connectivity index (χ1n) is 13.9. The van der Waals surface area contributed by atoms with Crippen molar-refractivity contribution in [2.24, 2.45) is 22.2 Å². The van der Waals surface area contributed by atoms with Gasteiger partial charge in [0.25, 0.3) is 0 Å². The number of hydrogen-bond donors (Lipinski definition) is 3. The predicted octanol–water partition coefficient (Wildman–Crippen LogP) is 7.34. The van der Waals surface area contributed by atoms with E-state index < -0.39 is 45.6 Å². The van der Waals surface area contributed by atoms with Gasteiger partial charge in [-0.3, -0.25) is 9.48 Å². The normalized spacial score (nSPS) is 23.9. The summed E-state index contributed by atoms with van der Waals surface area (Å²) < 4.78 is 17.5. The number of carbonyl (C=O) groups is 2. The van der Waals surface area contributed by atoms with Crippen molar-refractivity contribution in [3.05, 3.63) is 34.4 Å². The fourth-order valence-corrected chi connectivity index (χ4v) is 7.27. The highest BCUT2D eigenvalue weighted by molar-refractivity contribution is 6.31. The molecule has 9 nitrogen and oxygen atoms in total. The van der Waals surface area contributed by atoms with Crippen LogP contribution in [0, 0.1) is 34.9 Å². The molecule has 1 unspecified atom stereocenters. The van der Waals surface area contributed by atoms with E-state index in [4.69, 9.17) is 11.6 Å². The van der Waals surface area contributed by atoms with Crippen LogP contribution in [0.4, 0.5) is 20.8 Å². The number of likely N-dealkylation sites (tertiary alicyclic amines) is 1. The minimum Gasteiger partial charge on any atom is -0.481 e. The molecule has 3 heterocycles. The van der Waals surface area contributed by atoms with Crippen molar-refractivity contribution >= 4 is 35.3 Å². The van der Waals surface area contributed by atoms with E-state index in [-0.39, 0.29) is 41.5 Å². The Kier molecular flexibility index (Phi) is 8.31. The lowest BCUT2D eigenvalue weighted by Crippen LogP contribution is -2.72. The molecular formula is C30H45ClFN5O4. The molecule has 0 aromatic carbocycles. The number of carboxylic acids is 1. The number of aromatic nitrogens is 3. The second kappa shape index (κ2) is 10.4. The number of nitrogens with one attached hydrogen (secondary N) is 1. The molecule has 3 atom stereocenters. The number of hydrogen-bond acceptors (Lipinski definition) is 5. The number of aryl methyl sites for hydroxylation is 1. The Hall–Kier alpha value is -2.88. The fraction of sp³-hybridized carbons (Fsp3) is 0.667. The maximum atomic E-state index is 15.6. The van der Waals surface area contributed by atoms with Gasteiger partial charge in [0, 0.05) is 36.7 Å². The van der Waals surface area contributed by atoms with E-state index in [2.05, 4.69) is 15.4 Å². The molecule has 0 bridgehead atoms. The largest absolute Gasteiger partial charge is 0.481 e. The first-order chi connectivity index (χ1) is 18.5. The van der Waals surface area contributed by atoms with Crippen LogP contribution in [0.5, 0.6) is 0 Å². The molecule has 3 rings (SSSR count). The van der Waals surface area contributed by atoms with E-state index in [0.717, 1.165) is 5.69 Å². The Labute approximate surface area is 247 Å². The van der Waals surface area contributed by atoms with Gasteiger partial charge < -0.3 is 20.4 Å². The zero-order chi connectivity index (χ0) is 31.5. The standard InChI is InChI=1S/C30H45ClFN5O4/c1-17-14-21(35-37(17)28(8,9)10)34-20-15-18(31)22(32)19(33-20)16-30(24(38)39)12-13-36(25(40)41)29(11,27(5,6)7)23(30)26(2,3)4/h14-15,23H,12-13,16H2,1-11H3,(H,38,39)(H,40,41)(H,33,34,35)/t23?,29-,30-/m1/s1. The third kappa shape index (κ3) is 5.76. The first-order valence-corrected chi connectivity index (χ1v) is 14.3. The minimum atomic E-state index is -1.54. The Morgan fingerprint density at radius 1 is 1.10 bits per heavy atom. The van der Waals surface area contributed by atoms with Gasteiger partial charge in [-0.1, -0.05) is 53.1 Å². The molecule has 1 saturated heterocycles. The van der Waals surface area contributed by atoms with Crippen LogP contribution in [0.25, 0.3) is 0 Å². The average molecular weight is 594 g/mol. The minimum absolute atomic E-state index is 0.00613. The molecule has 0 saturated carbocycles. The van der Waals surface area contributed by atoms with Crippen molar-refractivity contribution in [3.8, 4) is 0 Å². The summed E-state index contributed by atoms with van der Waals surface area (Å²) in [7, 11) is 0. The quantitative estimate of drug-likeness (QED) is 0.331. The van der Waals surface area contributed by atoms with E-state index in [1.165, 1.54) is 11.0 Å². The third-order valence-corrected chi connectivity index (χ3v) is 9.02. The second-order valence-corrected chi connectivity index (χ2v) is 15.1. The zero-order valence-electron chi connectivity index (χ0n) is 26.1.